The average Bonchev–Trinajstić information content (AvgIpc) is 3.08. The number of carbonyl (C=O) groups excluding carboxylic acids is 4. The molecular formula is C30H42N3O7+. The second kappa shape index (κ2) is 11.9. The quantitative estimate of drug-likeness (QED) is 0.146. The third-order valence-corrected chi connectivity index (χ3v) is 6.79. The summed E-state index contributed by atoms with van der Waals surface area (Å²) in [6.45, 7) is 12.1. The molecule has 2 heterocycles. The molecule has 1 unspecified atom stereocenters. The second-order valence-electron chi connectivity index (χ2n) is 12.3. The Balaban J connectivity index is 1.88. The van der Waals surface area contributed by atoms with Crippen molar-refractivity contribution in [3.8, 4) is 0 Å². The van der Waals surface area contributed by atoms with Crippen molar-refractivity contribution in [3.63, 3.8) is 0 Å². The molecule has 2 aliphatic rings. The number of Topliss-reactive ketones (excluding diaryl/α,β-unsaturated/α-hetero) is 1. The van der Waals surface area contributed by atoms with E-state index < -0.39 is 29.0 Å². The van der Waals surface area contributed by atoms with Gasteiger partial charge in [0.2, 0.25) is 6.04 Å². The summed E-state index contributed by atoms with van der Waals surface area (Å²) >= 11 is 0. The first-order valence-electron chi connectivity index (χ1n) is 13.6. The van der Waals surface area contributed by atoms with Crippen LogP contribution in [0.25, 0.3) is 0 Å². The molecule has 1 aromatic carbocycles. The molecule has 0 N–H and O–H groups in total. The second-order valence-corrected chi connectivity index (χ2v) is 12.3. The molecule has 0 aromatic heterocycles. The Morgan fingerprint density at radius 2 is 1.68 bits per heavy atom. The highest BCUT2D eigenvalue weighted by Gasteiger charge is 2.53. The van der Waals surface area contributed by atoms with Crippen molar-refractivity contribution in [2.75, 3.05) is 27.2 Å². The van der Waals surface area contributed by atoms with Gasteiger partial charge in [0.05, 0.1) is 25.4 Å². The normalized spacial score (nSPS) is 19.7. The van der Waals surface area contributed by atoms with E-state index in [1.165, 1.54) is 6.20 Å². The number of rotatable bonds is 9. The Kier molecular flexibility index (Phi) is 9.24. The lowest BCUT2D eigenvalue weighted by atomic mass is 10.00. The molecule has 2 aliphatic heterocycles. The van der Waals surface area contributed by atoms with E-state index in [-0.39, 0.29) is 22.3 Å². The molecule has 0 fully saturated rings. The molecule has 10 heteroatoms. The van der Waals surface area contributed by atoms with E-state index in [2.05, 4.69) is 9.73 Å². The number of unbranched alkanes of at least 4 members (excludes halogenated alkanes) is 2. The van der Waals surface area contributed by atoms with Crippen molar-refractivity contribution in [1.82, 2.24) is 9.38 Å². The summed E-state index contributed by atoms with van der Waals surface area (Å²) in [6.07, 6.45) is 5.63. The van der Waals surface area contributed by atoms with Crippen molar-refractivity contribution in [2.45, 2.75) is 84.5 Å². The van der Waals surface area contributed by atoms with Crippen molar-refractivity contribution in [2.24, 2.45) is 4.99 Å². The maximum atomic E-state index is 13.6. The largest absolute Gasteiger partial charge is 0.463 e. The van der Waals surface area contributed by atoms with Crippen LogP contribution in [0.2, 0.25) is 0 Å². The summed E-state index contributed by atoms with van der Waals surface area (Å²) in [5.41, 5.74) is 0.929. The molecule has 0 saturated carbocycles. The lowest BCUT2D eigenvalue weighted by Crippen LogP contribution is -2.56. The van der Waals surface area contributed by atoms with Gasteiger partial charge in [-0.3, -0.25) is 9.28 Å². The van der Waals surface area contributed by atoms with E-state index in [0.717, 1.165) is 37.6 Å². The molecular weight excluding hydrogens is 514 g/mol. The van der Waals surface area contributed by atoms with Gasteiger partial charge in [0.25, 0.3) is 5.78 Å². The van der Waals surface area contributed by atoms with E-state index in [4.69, 9.17) is 9.47 Å². The molecule has 218 valence electrons. The number of benzene rings is 1. The molecule has 3 rings (SSSR count). The van der Waals surface area contributed by atoms with Gasteiger partial charge in [-0.15, -0.1) is 0 Å². The first kappa shape index (κ1) is 31.0. The van der Waals surface area contributed by atoms with Crippen LogP contribution in [0.15, 0.2) is 35.6 Å². The number of para-hydroxylation sites is 1. The molecule has 0 saturated heterocycles. The Hall–Kier alpha value is -3.53. The van der Waals surface area contributed by atoms with Gasteiger partial charge in [-0.1, -0.05) is 12.1 Å². The fourth-order valence-electron chi connectivity index (χ4n) is 5.12. The van der Waals surface area contributed by atoms with E-state index in [9.17, 15) is 19.2 Å². The van der Waals surface area contributed by atoms with Crippen molar-refractivity contribution < 1.29 is 33.4 Å². The fraction of sp³-hybridized carbons (Fsp3) is 0.567. The van der Waals surface area contributed by atoms with Crippen molar-refractivity contribution in [3.05, 3.63) is 41.7 Å². The molecule has 0 spiro atoms. The Morgan fingerprint density at radius 1 is 1.00 bits per heavy atom. The third-order valence-electron chi connectivity index (χ3n) is 6.79. The summed E-state index contributed by atoms with van der Waals surface area (Å²) in [4.78, 5) is 56.9. The zero-order chi connectivity index (χ0) is 29.9. The number of hydrogen-bond acceptors (Lipinski definition) is 8. The predicted molar refractivity (Wildman–Crippen MR) is 152 cm³/mol. The molecule has 0 radical (unpaired) electrons. The predicted octanol–water partition coefficient (Wildman–Crippen LogP) is 4.31. The minimum absolute atomic E-state index is 0.0104. The van der Waals surface area contributed by atoms with Crippen LogP contribution >= 0.6 is 0 Å². The number of quaternary nitrogens is 1. The highest BCUT2D eigenvalue weighted by atomic mass is 16.6. The Bertz CT molecular complexity index is 1220. The van der Waals surface area contributed by atoms with Crippen LogP contribution in [0.1, 0.15) is 71.9 Å². The Morgan fingerprint density at radius 3 is 2.30 bits per heavy atom. The van der Waals surface area contributed by atoms with E-state index in [1.54, 1.807) is 24.1 Å². The average molecular weight is 557 g/mol. The van der Waals surface area contributed by atoms with Crippen molar-refractivity contribution in [1.29, 1.82) is 0 Å². The van der Waals surface area contributed by atoms with Gasteiger partial charge in [0.15, 0.2) is 5.69 Å². The van der Waals surface area contributed by atoms with E-state index in [0.29, 0.717) is 25.1 Å². The van der Waals surface area contributed by atoms with Crippen LogP contribution in [0, 0.1) is 0 Å². The van der Waals surface area contributed by atoms with E-state index >= 15 is 0 Å². The van der Waals surface area contributed by atoms with Crippen LogP contribution in [-0.2, 0) is 35.0 Å². The number of ether oxygens (including phenoxy) is 3. The molecule has 2 atom stereocenters. The number of nitrogens with zero attached hydrogens (tertiary/aromatic N) is 3. The molecule has 1 amide bonds. The lowest BCUT2D eigenvalue weighted by Gasteiger charge is -2.37. The maximum Gasteiger partial charge on any atom is 0.410 e. The molecule has 0 bridgehead atoms. The zero-order valence-electron chi connectivity index (χ0n) is 24.9. The fourth-order valence-corrected chi connectivity index (χ4v) is 5.12. The standard InChI is InChI=1S/C30H42N3O7/c1-29(2,3)39-26(35)22-19-20-13-12-14-21-23(25(34)27(36)38-8)31-15-18-33(22,24(20)21)17-11-9-10-16-32(7)28(37)40-30(4,5)6/h12-15,18,22H,9-11,16-17,19H2,1-8H3/q+1/t22?,33-/m0/s1. The van der Waals surface area contributed by atoms with E-state index in [1.807, 2.05) is 53.8 Å². The highest BCUT2D eigenvalue weighted by Crippen LogP contribution is 2.45. The van der Waals surface area contributed by atoms with Crippen molar-refractivity contribution >= 4 is 35.2 Å². The van der Waals surface area contributed by atoms with Crippen LogP contribution < -0.4 is 4.48 Å². The first-order valence-corrected chi connectivity index (χ1v) is 13.6. The lowest BCUT2D eigenvalue weighted by molar-refractivity contribution is -0.159. The zero-order valence-corrected chi connectivity index (χ0v) is 24.9. The SMILES string of the molecule is COC(=O)C(=O)C1=NC=C[N@+]2(CCCCCN(C)C(=O)OC(C)(C)C)c3c(cccc31)CC2C(=O)OC(C)(C)C. The van der Waals surface area contributed by atoms with Gasteiger partial charge in [-0.2, -0.15) is 0 Å². The monoisotopic (exact) mass is 556 g/mol. The van der Waals surface area contributed by atoms with Gasteiger partial charge in [0, 0.05) is 25.6 Å². The minimum atomic E-state index is -0.999. The topological polar surface area (TPSA) is 112 Å². The number of carbonyl (C=O) groups is 4. The number of methoxy groups -OCH3 is 1. The van der Waals surface area contributed by atoms with Gasteiger partial charge in [-0.05, 0) is 66.9 Å². The van der Waals surface area contributed by atoms with Gasteiger partial charge in [0.1, 0.15) is 23.1 Å². The molecule has 1 aromatic rings. The number of esters is 2. The summed E-state index contributed by atoms with van der Waals surface area (Å²) in [7, 11) is 2.87. The summed E-state index contributed by atoms with van der Waals surface area (Å²) < 4.78 is 16.1. The number of ketones is 1. The summed E-state index contributed by atoms with van der Waals surface area (Å²) in [6, 6.07) is 4.91. The number of amides is 1. The number of aliphatic imine (C=N–C) groups is 1. The van der Waals surface area contributed by atoms with Crippen LogP contribution in [-0.4, -0.2) is 78.9 Å². The molecule has 40 heavy (non-hydrogen) atoms. The van der Waals surface area contributed by atoms with Crippen LogP contribution in [0.3, 0.4) is 0 Å². The van der Waals surface area contributed by atoms with Gasteiger partial charge < -0.3 is 19.1 Å². The first-order chi connectivity index (χ1) is 18.6. The molecule has 0 aliphatic carbocycles. The summed E-state index contributed by atoms with van der Waals surface area (Å²) in [5.74, 6) is -2.18. The summed E-state index contributed by atoms with van der Waals surface area (Å²) in [5, 5.41) is 0. The minimum Gasteiger partial charge on any atom is -0.463 e. The Labute approximate surface area is 236 Å². The third kappa shape index (κ3) is 6.96. The maximum absolute atomic E-state index is 13.6. The molecule has 10 nitrogen and oxygen atoms in total. The van der Waals surface area contributed by atoms with Crippen LogP contribution in [0.4, 0.5) is 10.5 Å². The highest BCUT2D eigenvalue weighted by molar-refractivity contribution is 6.67. The van der Waals surface area contributed by atoms with Gasteiger partial charge in [-0.25, -0.2) is 19.4 Å². The number of hydrogen-bond donors (Lipinski definition) is 0. The smallest absolute Gasteiger partial charge is 0.410 e. The van der Waals surface area contributed by atoms with Crippen LogP contribution in [0.5, 0.6) is 0 Å². The van der Waals surface area contributed by atoms with Gasteiger partial charge >= 0.3 is 18.0 Å².